The molecule has 1 heterocycles. The van der Waals surface area contributed by atoms with Crippen LogP contribution < -0.4 is 9.47 Å². The molecule has 0 saturated heterocycles. The number of nitrogens with zero attached hydrogens (tertiary/aromatic N) is 2. The summed E-state index contributed by atoms with van der Waals surface area (Å²) >= 11 is 7.40. The molecular formula is C21H23ClN2O4S2. The first-order chi connectivity index (χ1) is 14.3. The van der Waals surface area contributed by atoms with E-state index in [9.17, 15) is 8.42 Å². The lowest BCUT2D eigenvalue weighted by Gasteiger charge is -2.25. The molecule has 6 nitrogen and oxygen atoms in total. The van der Waals surface area contributed by atoms with Crippen LogP contribution in [-0.4, -0.2) is 30.9 Å². The van der Waals surface area contributed by atoms with Crippen LogP contribution in [0.4, 0.5) is 0 Å². The van der Waals surface area contributed by atoms with Gasteiger partial charge in [0.15, 0.2) is 0 Å². The van der Waals surface area contributed by atoms with Gasteiger partial charge in [-0.1, -0.05) is 17.7 Å². The lowest BCUT2D eigenvalue weighted by molar-refractivity contribution is 0.304. The Morgan fingerprint density at radius 1 is 1.13 bits per heavy atom. The molecule has 0 unspecified atom stereocenters. The van der Waals surface area contributed by atoms with Gasteiger partial charge in [-0.3, -0.25) is 0 Å². The monoisotopic (exact) mass is 466 g/mol. The Labute approximate surface area is 186 Å². The number of rotatable bonds is 9. The highest BCUT2D eigenvalue weighted by molar-refractivity contribution is 7.89. The molecule has 0 aliphatic rings. The number of hydrogen-bond acceptors (Lipinski definition) is 6. The second kappa shape index (κ2) is 9.78. The van der Waals surface area contributed by atoms with Gasteiger partial charge in [-0.25, -0.2) is 13.4 Å². The first-order valence-corrected chi connectivity index (χ1v) is 12.0. The Balaban J connectivity index is 1.72. The zero-order valence-corrected chi connectivity index (χ0v) is 19.3. The third-order valence-electron chi connectivity index (χ3n) is 4.32. The predicted octanol–water partition coefficient (Wildman–Crippen LogP) is 4.98. The van der Waals surface area contributed by atoms with Crippen molar-refractivity contribution in [3.8, 4) is 11.5 Å². The van der Waals surface area contributed by atoms with Gasteiger partial charge in [0, 0.05) is 16.4 Å². The normalized spacial score (nSPS) is 11.8. The minimum absolute atomic E-state index is 0.180. The highest BCUT2D eigenvalue weighted by Crippen LogP contribution is 2.24. The molecule has 0 saturated carbocycles. The zero-order valence-electron chi connectivity index (χ0n) is 16.9. The summed E-state index contributed by atoms with van der Waals surface area (Å²) in [6.07, 6.45) is 0. The number of sulfonamides is 1. The Morgan fingerprint density at radius 3 is 2.50 bits per heavy atom. The highest BCUT2D eigenvalue weighted by Gasteiger charge is 2.28. The van der Waals surface area contributed by atoms with Crippen LogP contribution in [0.1, 0.15) is 24.5 Å². The van der Waals surface area contributed by atoms with E-state index in [1.807, 2.05) is 31.4 Å². The molecular weight excluding hydrogens is 444 g/mol. The van der Waals surface area contributed by atoms with E-state index in [-0.39, 0.29) is 24.1 Å². The molecule has 0 amide bonds. The van der Waals surface area contributed by atoms with Crippen molar-refractivity contribution in [2.45, 2.75) is 37.9 Å². The summed E-state index contributed by atoms with van der Waals surface area (Å²) in [7, 11) is -2.14. The summed E-state index contributed by atoms with van der Waals surface area (Å²) in [4.78, 5) is 4.76. The van der Waals surface area contributed by atoms with Gasteiger partial charge in [-0.15, -0.1) is 11.3 Å². The van der Waals surface area contributed by atoms with Crippen molar-refractivity contribution in [1.29, 1.82) is 0 Å². The van der Waals surface area contributed by atoms with Crippen LogP contribution in [0, 0.1) is 0 Å². The molecule has 0 bridgehead atoms. The van der Waals surface area contributed by atoms with E-state index < -0.39 is 10.0 Å². The number of benzene rings is 2. The average Bonchev–Trinajstić information content (AvgIpc) is 3.18. The van der Waals surface area contributed by atoms with E-state index in [0.29, 0.717) is 22.2 Å². The lowest BCUT2D eigenvalue weighted by atomic mass is 10.3. The van der Waals surface area contributed by atoms with Crippen molar-refractivity contribution >= 4 is 33.0 Å². The van der Waals surface area contributed by atoms with E-state index in [4.69, 9.17) is 21.1 Å². The summed E-state index contributed by atoms with van der Waals surface area (Å²) in [6.45, 7) is 4.16. The summed E-state index contributed by atoms with van der Waals surface area (Å²) < 4.78 is 38.6. The smallest absolute Gasteiger partial charge is 0.243 e. The van der Waals surface area contributed by atoms with Crippen molar-refractivity contribution in [3.63, 3.8) is 0 Å². The molecule has 30 heavy (non-hydrogen) atoms. The SMILES string of the molecule is COc1ccc(S(=O)(=O)N(Cc2csc(COc3cccc(Cl)c3)n2)C(C)C)cc1. The fourth-order valence-corrected chi connectivity index (χ4v) is 5.26. The summed E-state index contributed by atoms with van der Waals surface area (Å²) in [5, 5.41) is 3.22. The summed E-state index contributed by atoms with van der Waals surface area (Å²) in [6, 6.07) is 13.3. The van der Waals surface area contributed by atoms with Gasteiger partial charge in [0.25, 0.3) is 0 Å². The van der Waals surface area contributed by atoms with E-state index >= 15 is 0 Å². The lowest BCUT2D eigenvalue weighted by Crippen LogP contribution is -2.36. The maximum Gasteiger partial charge on any atom is 0.243 e. The molecule has 0 fully saturated rings. The van der Waals surface area contributed by atoms with Crippen LogP contribution in [0.5, 0.6) is 11.5 Å². The quantitative estimate of drug-likeness (QED) is 0.444. The molecule has 3 rings (SSSR count). The minimum atomic E-state index is -3.68. The van der Waals surface area contributed by atoms with E-state index in [2.05, 4.69) is 4.98 Å². The molecule has 0 atom stereocenters. The van der Waals surface area contributed by atoms with Gasteiger partial charge >= 0.3 is 0 Å². The van der Waals surface area contributed by atoms with Crippen molar-refractivity contribution in [1.82, 2.24) is 9.29 Å². The fourth-order valence-electron chi connectivity index (χ4n) is 2.78. The van der Waals surface area contributed by atoms with Gasteiger partial charge in [-0.05, 0) is 56.3 Å². The molecule has 0 aliphatic heterocycles. The maximum atomic E-state index is 13.2. The molecule has 3 aromatic rings. The van der Waals surface area contributed by atoms with Crippen LogP contribution in [0.3, 0.4) is 0 Å². The second-order valence-electron chi connectivity index (χ2n) is 6.80. The van der Waals surface area contributed by atoms with E-state index in [0.717, 1.165) is 5.01 Å². The largest absolute Gasteiger partial charge is 0.497 e. The molecule has 0 aliphatic carbocycles. The first kappa shape index (κ1) is 22.6. The Morgan fingerprint density at radius 2 is 1.87 bits per heavy atom. The highest BCUT2D eigenvalue weighted by atomic mass is 35.5. The van der Waals surface area contributed by atoms with Crippen LogP contribution in [0.15, 0.2) is 58.8 Å². The summed E-state index contributed by atoms with van der Waals surface area (Å²) in [5.74, 6) is 1.26. The number of methoxy groups -OCH3 is 1. The van der Waals surface area contributed by atoms with Crippen LogP contribution in [-0.2, 0) is 23.2 Å². The van der Waals surface area contributed by atoms with Crippen molar-refractivity contribution < 1.29 is 17.9 Å². The fraction of sp³-hybridized carbons (Fsp3) is 0.286. The van der Waals surface area contributed by atoms with Gasteiger partial charge in [0.2, 0.25) is 10.0 Å². The molecule has 0 spiro atoms. The second-order valence-corrected chi connectivity index (χ2v) is 10.1. The standard InChI is InChI=1S/C21H23ClN2O4S2/c1-15(2)24(30(25,26)20-9-7-18(27-3)8-10-20)12-17-14-29-21(23-17)13-28-19-6-4-5-16(22)11-19/h4-11,14-15H,12-13H2,1-3H3. The zero-order chi connectivity index (χ0) is 21.7. The van der Waals surface area contributed by atoms with Crippen molar-refractivity contribution in [2.24, 2.45) is 0 Å². The molecule has 1 aromatic heterocycles. The van der Waals surface area contributed by atoms with Gasteiger partial charge in [-0.2, -0.15) is 4.31 Å². The Hall–Kier alpha value is -2.13. The topological polar surface area (TPSA) is 68.7 Å². The number of aromatic nitrogens is 1. The minimum Gasteiger partial charge on any atom is -0.497 e. The third kappa shape index (κ3) is 5.51. The number of thiazole rings is 1. The van der Waals surface area contributed by atoms with Crippen LogP contribution in [0.25, 0.3) is 0 Å². The van der Waals surface area contributed by atoms with Gasteiger partial charge in [0.05, 0.1) is 24.2 Å². The maximum absolute atomic E-state index is 13.2. The Bertz CT molecular complexity index is 1080. The van der Waals surface area contributed by atoms with Crippen molar-refractivity contribution in [3.05, 3.63) is 69.6 Å². The number of hydrogen-bond donors (Lipinski definition) is 0. The molecule has 9 heteroatoms. The van der Waals surface area contributed by atoms with Crippen LogP contribution >= 0.6 is 22.9 Å². The number of ether oxygens (including phenoxy) is 2. The molecule has 160 valence electrons. The Kier molecular flexibility index (Phi) is 7.36. The van der Waals surface area contributed by atoms with Crippen LogP contribution in [0.2, 0.25) is 5.02 Å². The first-order valence-electron chi connectivity index (χ1n) is 9.27. The van der Waals surface area contributed by atoms with Gasteiger partial charge < -0.3 is 9.47 Å². The number of halogens is 1. The van der Waals surface area contributed by atoms with E-state index in [1.165, 1.54) is 15.6 Å². The van der Waals surface area contributed by atoms with E-state index in [1.54, 1.807) is 43.5 Å². The average molecular weight is 467 g/mol. The van der Waals surface area contributed by atoms with Gasteiger partial charge in [0.1, 0.15) is 23.1 Å². The van der Waals surface area contributed by atoms with Crippen molar-refractivity contribution in [2.75, 3.05) is 7.11 Å². The summed E-state index contributed by atoms with van der Waals surface area (Å²) in [5.41, 5.74) is 0.676. The predicted molar refractivity (Wildman–Crippen MR) is 119 cm³/mol. The molecule has 0 N–H and O–H groups in total. The molecule has 0 radical (unpaired) electrons. The third-order valence-corrected chi connectivity index (χ3v) is 7.46. The molecule has 2 aromatic carbocycles.